The number of rotatable bonds is 9. The summed E-state index contributed by atoms with van der Waals surface area (Å²) in [4.78, 5) is 0. The molecule has 0 spiro atoms. The summed E-state index contributed by atoms with van der Waals surface area (Å²) < 4.78 is 0. The Hall–Kier alpha value is -0.0800. The highest BCUT2D eigenvalue weighted by Gasteiger charge is 2.10. The molecule has 0 bridgehead atoms. The first-order valence-electron chi connectivity index (χ1n) is 5.99. The molecule has 0 aromatic heterocycles. The summed E-state index contributed by atoms with van der Waals surface area (Å²) in [5, 5.41) is 18.1. The van der Waals surface area contributed by atoms with Crippen molar-refractivity contribution >= 4 is 0 Å². The van der Waals surface area contributed by atoms with Gasteiger partial charge in [0, 0.05) is 6.61 Å². The van der Waals surface area contributed by atoms with E-state index in [0.29, 0.717) is 5.92 Å². The van der Waals surface area contributed by atoms with Gasteiger partial charge in [-0.1, -0.05) is 32.6 Å². The van der Waals surface area contributed by atoms with E-state index >= 15 is 0 Å². The Balaban J connectivity index is 3.61. The Morgan fingerprint density at radius 3 is 2.21 bits per heavy atom. The van der Waals surface area contributed by atoms with Crippen LogP contribution in [0.3, 0.4) is 0 Å². The van der Waals surface area contributed by atoms with E-state index in [1.54, 1.807) is 0 Å². The average molecular weight is 202 g/mol. The van der Waals surface area contributed by atoms with Crippen LogP contribution in [0.25, 0.3) is 0 Å². The van der Waals surface area contributed by atoms with Crippen LogP contribution in [0.4, 0.5) is 0 Å². The van der Waals surface area contributed by atoms with E-state index in [9.17, 15) is 5.11 Å². The fourth-order valence-corrected chi connectivity index (χ4v) is 1.93. The smallest absolute Gasteiger partial charge is 0.0514 e. The Kier molecular flexibility index (Phi) is 9.42. The van der Waals surface area contributed by atoms with Crippen molar-refractivity contribution in [2.75, 3.05) is 6.61 Å². The number of unbranched alkanes of at least 4 members (excludes halogenated alkanes) is 2. The molecule has 0 aliphatic carbocycles. The third-order valence-electron chi connectivity index (χ3n) is 2.66. The minimum atomic E-state index is -0.194. The second-order valence-corrected chi connectivity index (χ2v) is 4.31. The molecule has 0 aromatic carbocycles. The van der Waals surface area contributed by atoms with Crippen LogP contribution in [0, 0.1) is 5.92 Å². The topological polar surface area (TPSA) is 40.5 Å². The first-order valence-corrected chi connectivity index (χ1v) is 5.99. The van der Waals surface area contributed by atoms with E-state index in [1.165, 1.54) is 25.7 Å². The van der Waals surface area contributed by atoms with Crippen LogP contribution in [-0.4, -0.2) is 22.9 Å². The molecule has 0 saturated heterocycles. The summed E-state index contributed by atoms with van der Waals surface area (Å²) in [5.41, 5.74) is 0. The molecule has 0 radical (unpaired) electrons. The first kappa shape index (κ1) is 13.9. The summed E-state index contributed by atoms with van der Waals surface area (Å²) in [6.45, 7) is 4.34. The Morgan fingerprint density at radius 1 is 1.07 bits per heavy atom. The van der Waals surface area contributed by atoms with Crippen LogP contribution < -0.4 is 0 Å². The van der Waals surface area contributed by atoms with Crippen molar-refractivity contribution in [2.24, 2.45) is 5.92 Å². The predicted molar refractivity (Wildman–Crippen MR) is 60.2 cm³/mol. The van der Waals surface area contributed by atoms with Crippen LogP contribution in [-0.2, 0) is 0 Å². The highest BCUT2D eigenvalue weighted by molar-refractivity contribution is 4.63. The maximum Gasteiger partial charge on any atom is 0.0514 e. The summed E-state index contributed by atoms with van der Waals surface area (Å²) in [5.74, 6) is 0.605. The van der Waals surface area contributed by atoms with Gasteiger partial charge in [0.25, 0.3) is 0 Å². The normalized spacial score (nSPS) is 15.4. The largest absolute Gasteiger partial charge is 0.396 e. The third-order valence-corrected chi connectivity index (χ3v) is 2.66. The SMILES string of the molecule is CCCCCC(CCCO)CC(C)O. The third kappa shape index (κ3) is 8.52. The van der Waals surface area contributed by atoms with Gasteiger partial charge in [-0.15, -0.1) is 0 Å². The molecule has 0 aliphatic heterocycles. The molecule has 14 heavy (non-hydrogen) atoms. The highest BCUT2D eigenvalue weighted by atomic mass is 16.3. The van der Waals surface area contributed by atoms with Crippen molar-refractivity contribution in [3.63, 3.8) is 0 Å². The van der Waals surface area contributed by atoms with Crippen molar-refractivity contribution in [1.82, 2.24) is 0 Å². The van der Waals surface area contributed by atoms with Gasteiger partial charge < -0.3 is 10.2 Å². The van der Waals surface area contributed by atoms with E-state index < -0.39 is 0 Å². The fraction of sp³-hybridized carbons (Fsp3) is 1.00. The van der Waals surface area contributed by atoms with Gasteiger partial charge in [-0.2, -0.15) is 0 Å². The molecule has 2 N–H and O–H groups in total. The monoisotopic (exact) mass is 202 g/mol. The zero-order valence-corrected chi connectivity index (χ0v) is 9.71. The van der Waals surface area contributed by atoms with Gasteiger partial charge in [0.15, 0.2) is 0 Å². The van der Waals surface area contributed by atoms with Crippen LogP contribution in [0.15, 0.2) is 0 Å². The molecule has 2 nitrogen and oxygen atoms in total. The summed E-state index contributed by atoms with van der Waals surface area (Å²) in [7, 11) is 0. The van der Waals surface area contributed by atoms with Crippen molar-refractivity contribution in [1.29, 1.82) is 0 Å². The second-order valence-electron chi connectivity index (χ2n) is 4.31. The minimum absolute atomic E-state index is 0.194. The maximum atomic E-state index is 9.32. The lowest BCUT2D eigenvalue weighted by atomic mass is 9.91. The van der Waals surface area contributed by atoms with Crippen LogP contribution in [0.1, 0.15) is 58.8 Å². The molecule has 0 fully saturated rings. The lowest BCUT2D eigenvalue weighted by Gasteiger charge is -2.17. The molecule has 2 unspecified atom stereocenters. The highest BCUT2D eigenvalue weighted by Crippen LogP contribution is 2.20. The molecule has 0 amide bonds. The zero-order valence-electron chi connectivity index (χ0n) is 9.71. The van der Waals surface area contributed by atoms with E-state index in [-0.39, 0.29) is 12.7 Å². The molecule has 2 heteroatoms. The van der Waals surface area contributed by atoms with Crippen LogP contribution in [0.5, 0.6) is 0 Å². The average Bonchev–Trinajstić information content (AvgIpc) is 2.13. The minimum Gasteiger partial charge on any atom is -0.396 e. The quantitative estimate of drug-likeness (QED) is 0.564. The number of aliphatic hydroxyl groups excluding tert-OH is 2. The summed E-state index contributed by atoms with van der Waals surface area (Å²) >= 11 is 0. The molecule has 0 aliphatic rings. The lowest BCUT2D eigenvalue weighted by Crippen LogP contribution is -2.11. The van der Waals surface area contributed by atoms with Crippen molar-refractivity contribution in [3.05, 3.63) is 0 Å². The molecule has 0 heterocycles. The van der Waals surface area contributed by atoms with Gasteiger partial charge >= 0.3 is 0 Å². The summed E-state index contributed by atoms with van der Waals surface area (Å²) in [6.07, 6.45) is 7.65. The molecule has 86 valence electrons. The first-order chi connectivity index (χ1) is 6.70. The van der Waals surface area contributed by atoms with Gasteiger partial charge in [-0.05, 0) is 32.1 Å². The van der Waals surface area contributed by atoms with Gasteiger partial charge in [-0.3, -0.25) is 0 Å². The second kappa shape index (κ2) is 9.47. The van der Waals surface area contributed by atoms with Gasteiger partial charge in [0.1, 0.15) is 0 Å². The molecule has 2 atom stereocenters. The molecular weight excluding hydrogens is 176 g/mol. The lowest BCUT2D eigenvalue weighted by molar-refractivity contribution is 0.149. The Bertz CT molecular complexity index is 113. The summed E-state index contributed by atoms with van der Waals surface area (Å²) in [6, 6.07) is 0. The maximum absolute atomic E-state index is 9.32. The standard InChI is InChI=1S/C12H26O2/c1-3-4-5-7-12(8-6-9-13)10-11(2)14/h11-14H,3-10H2,1-2H3. The van der Waals surface area contributed by atoms with Crippen LogP contribution in [0.2, 0.25) is 0 Å². The number of hydrogen-bond acceptors (Lipinski definition) is 2. The molecular formula is C12H26O2. The molecule has 0 rings (SSSR count). The van der Waals surface area contributed by atoms with Crippen LogP contribution >= 0.6 is 0 Å². The van der Waals surface area contributed by atoms with Gasteiger partial charge in [-0.25, -0.2) is 0 Å². The van der Waals surface area contributed by atoms with E-state index in [1.807, 2.05) is 6.92 Å². The molecule has 0 aromatic rings. The van der Waals surface area contributed by atoms with Gasteiger partial charge in [0.2, 0.25) is 0 Å². The van der Waals surface area contributed by atoms with Crippen molar-refractivity contribution in [2.45, 2.75) is 64.9 Å². The fourth-order valence-electron chi connectivity index (χ4n) is 1.93. The predicted octanol–water partition coefficient (Wildman–Crippen LogP) is 2.73. The van der Waals surface area contributed by atoms with E-state index in [2.05, 4.69) is 6.92 Å². The zero-order chi connectivity index (χ0) is 10.8. The van der Waals surface area contributed by atoms with Crippen molar-refractivity contribution < 1.29 is 10.2 Å². The number of hydrogen-bond donors (Lipinski definition) is 2. The Labute approximate surface area is 88.3 Å². The van der Waals surface area contributed by atoms with Crippen molar-refractivity contribution in [3.8, 4) is 0 Å². The molecule has 0 saturated carbocycles. The van der Waals surface area contributed by atoms with E-state index in [4.69, 9.17) is 5.11 Å². The van der Waals surface area contributed by atoms with E-state index in [0.717, 1.165) is 19.3 Å². The van der Waals surface area contributed by atoms with Gasteiger partial charge in [0.05, 0.1) is 6.10 Å². The number of aliphatic hydroxyl groups is 2. The Morgan fingerprint density at radius 2 is 1.71 bits per heavy atom.